The van der Waals surface area contributed by atoms with E-state index in [1.165, 1.54) is 4.90 Å². The van der Waals surface area contributed by atoms with Gasteiger partial charge in [0.25, 0.3) is 5.91 Å². The van der Waals surface area contributed by atoms with Crippen LogP contribution in [0.25, 0.3) is 0 Å². The molecule has 0 aliphatic heterocycles. The van der Waals surface area contributed by atoms with E-state index in [0.29, 0.717) is 32.9 Å². The van der Waals surface area contributed by atoms with Gasteiger partial charge in [-0.25, -0.2) is 0 Å². The zero-order valence-electron chi connectivity index (χ0n) is 15.8. The van der Waals surface area contributed by atoms with E-state index in [1.807, 2.05) is 6.92 Å². The van der Waals surface area contributed by atoms with Crippen molar-refractivity contribution in [1.29, 1.82) is 0 Å². The van der Waals surface area contributed by atoms with Gasteiger partial charge in [-0.2, -0.15) is 0 Å². The molecule has 2 rings (SSSR count). The van der Waals surface area contributed by atoms with E-state index < -0.39 is 6.04 Å². The van der Waals surface area contributed by atoms with Crippen molar-refractivity contribution < 1.29 is 14.3 Å². The topological polar surface area (TPSA) is 58.6 Å². The molecule has 0 radical (unpaired) electrons. The molecule has 2 amide bonds. The number of likely N-dealkylation sites (N-methyl/N-ethyl adjacent to an activating group) is 1. The van der Waals surface area contributed by atoms with Crippen molar-refractivity contribution in [3.05, 3.63) is 61.5 Å². The third kappa shape index (κ3) is 6.78. The van der Waals surface area contributed by atoms with Crippen molar-refractivity contribution in [1.82, 2.24) is 10.2 Å². The second-order valence-electron chi connectivity index (χ2n) is 6.19. The number of ether oxygens (including phenoxy) is 1. The fourth-order valence-electron chi connectivity index (χ4n) is 2.55. The Hall–Kier alpha value is -1.47. The summed E-state index contributed by atoms with van der Waals surface area (Å²) in [7, 11) is 0. The Morgan fingerprint density at radius 2 is 1.86 bits per heavy atom. The number of carbonyl (C=O) groups excluding carboxylic acids is 2. The molecule has 0 aliphatic carbocycles. The molecule has 156 valence electrons. The first-order valence-electron chi connectivity index (χ1n) is 8.81. The van der Waals surface area contributed by atoms with Crippen LogP contribution in [0, 0.1) is 0 Å². The fourth-order valence-corrected chi connectivity index (χ4v) is 3.75. The van der Waals surface area contributed by atoms with Crippen LogP contribution in [0.4, 0.5) is 0 Å². The molecule has 1 atom stereocenters. The van der Waals surface area contributed by atoms with E-state index in [2.05, 4.69) is 21.2 Å². The first kappa shape index (κ1) is 23.8. The molecular formula is C20H20BrCl3N2O3. The molecule has 0 saturated carbocycles. The maximum absolute atomic E-state index is 12.9. The molecule has 5 nitrogen and oxygen atoms in total. The van der Waals surface area contributed by atoms with Gasteiger partial charge in [0.05, 0.1) is 5.02 Å². The minimum absolute atomic E-state index is 0.130. The van der Waals surface area contributed by atoms with Crippen LogP contribution < -0.4 is 10.1 Å². The highest BCUT2D eigenvalue weighted by molar-refractivity contribution is 9.10. The molecule has 0 fully saturated rings. The van der Waals surface area contributed by atoms with Gasteiger partial charge >= 0.3 is 0 Å². The summed E-state index contributed by atoms with van der Waals surface area (Å²) in [5.41, 5.74) is 0.669. The number of rotatable bonds is 8. The van der Waals surface area contributed by atoms with Crippen LogP contribution in [0.5, 0.6) is 5.75 Å². The van der Waals surface area contributed by atoms with Crippen molar-refractivity contribution in [2.24, 2.45) is 0 Å². The molecule has 9 heteroatoms. The molecule has 2 aromatic rings. The molecule has 0 spiro atoms. The van der Waals surface area contributed by atoms with Crippen molar-refractivity contribution in [2.45, 2.75) is 26.4 Å². The standard InChI is InChI=1S/C20H20BrCl3N2O3/c1-3-25-20(28)12(2)26(10-13-4-6-15(22)9-16(13)23)19(27)11-29-18-7-5-14(21)8-17(18)24/h4-9,12H,3,10-11H2,1-2H3,(H,25,28)/t12-/m1/s1. The number of halogens is 4. The Morgan fingerprint density at radius 1 is 1.14 bits per heavy atom. The van der Waals surface area contributed by atoms with Gasteiger partial charge in [0.1, 0.15) is 11.8 Å². The van der Waals surface area contributed by atoms with Crippen LogP contribution in [0.3, 0.4) is 0 Å². The van der Waals surface area contributed by atoms with Gasteiger partial charge in [0.15, 0.2) is 6.61 Å². The molecule has 0 aliphatic rings. The van der Waals surface area contributed by atoms with Crippen molar-refractivity contribution in [2.75, 3.05) is 13.2 Å². The smallest absolute Gasteiger partial charge is 0.261 e. The van der Waals surface area contributed by atoms with E-state index in [4.69, 9.17) is 39.5 Å². The zero-order valence-corrected chi connectivity index (χ0v) is 19.7. The summed E-state index contributed by atoms with van der Waals surface area (Å²) < 4.78 is 6.38. The van der Waals surface area contributed by atoms with Crippen molar-refractivity contribution >= 4 is 62.5 Å². The summed E-state index contributed by atoms with van der Waals surface area (Å²) in [4.78, 5) is 26.7. The summed E-state index contributed by atoms with van der Waals surface area (Å²) in [6, 6.07) is 9.36. The number of nitrogens with one attached hydrogen (secondary N) is 1. The maximum atomic E-state index is 12.9. The highest BCUT2D eigenvalue weighted by Crippen LogP contribution is 2.28. The van der Waals surface area contributed by atoms with Crippen LogP contribution in [0.2, 0.25) is 15.1 Å². The predicted octanol–water partition coefficient (Wildman–Crippen LogP) is 5.34. The third-order valence-electron chi connectivity index (χ3n) is 4.12. The maximum Gasteiger partial charge on any atom is 0.261 e. The second kappa shape index (κ2) is 11.1. The molecule has 0 unspecified atom stereocenters. The molecule has 0 aromatic heterocycles. The number of hydrogen-bond acceptors (Lipinski definition) is 3. The van der Waals surface area contributed by atoms with Crippen molar-refractivity contribution in [3.63, 3.8) is 0 Å². The van der Waals surface area contributed by atoms with Crippen LogP contribution in [0.15, 0.2) is 40.9 Å². The average molecular weight is 523 g/mol. The lowest BCUT2D eigenvalue weighted by Crippen LogP contribution is -2.49. The fraction of sp³-hybridized carbons (Fsp3) is 0.300. The number of carbonyl (C=O) groups is 2. The number of amides is 2. The largest absolute Gasteiger partial charge is 0.482 e. The number of benzene rings is 2. The van der Waals surface area contributed by atoms with Gasteiger partial charge in [0, 0.05) is 27.6 Å². The Labute approximate surface area is 193 Å². The van der Waals surface area contributed by atoms with E-state index >= 15 is 0 Å². The van der Waals surface area contributed by atoms with Gasteiger partial charge in [-0.1, -0.05) is 56.8 Å². The third-order valence-corrected chi connectivity index (χ3v) is 5.49. The van der Waals surface area contributed by atoms with E-state index in [-0.39, 0.29) is 25.0 Å². The van der Waals surface area contributed by atoms with Crippen LogP contribution >= 0.6 is 50.7 Å². The summed E-state index contributed by atoms with van der Waals surface area (Å²) in [6.45, 7) is 3.77. The SMILES string of the molecule is CCNC(=O)[C@@H](C)N(Cc1ccc(Cl)cc1Cl)C(=O)COc1ccc(Br)cc1Cl. The van der Waals surface area contributed by atoms with Gasteiger partial charge < -0.3 is 15.0 Å². The molecule has 0 saturated heterocycles. The Bertz CT molecular complexity index is 895. The lowest BCUT2D eigenvalue weighted by atomic mass is 10.1. The summed E-state index contributed by atoms with van der Waals surface area (Å²) in [5.74, 6) is -0.278. The molecular weight excluding hydrogens is 502 g/mol. The summed E-state index contributed by atoms with van der Waals surface area (Å²) >= 11 is 21.7. The quantitative estimate of drug-likeness (QED) is 0.509. The van der Waals surface area contributed by atoms with E-state index in [0.717, 1.165) is 4.47 Å². The first-order valence-corrected chi connectivity index (χ1v) is 10.7. The first-order chi connectivity index (χ1) is 13.7. The van der Waals surface area contributed by atoms with Crippen LogP contribution in [-0.4, -0.2) is 35.9 Å². The highest BCUT2D eigenvalue weighted by Gasteiger charge is 2.27. The molecule has 2 aromatic carbocycles. The number of hydrogen-bond donors (Lipinski definition) is 1. The van der Waals surface area contributed by atoms with Crippen LogP contribution in [0.1, 0.15) is 19.4 Å². The van der Waals surface area contributed by atoms with Gasteiger partial charge in [-0.05, 0) is 49.7 Å². The minimum Gasteiger partial charge on any atom is -0.482 e. The molecule has 1 N–H and O–H groups in total. The molecule has 0 heterocycles. The van der Waals surface area contributed by atoms with E-state index in [1.54, 1.807) is 43.3 Å². The monoisotopic (exact) mass is 520 g/mol. The van der Waals surface area contributed by atoms with Crippen LogP contribution in [-0.2, 0) is 16.1 Å². The predicted molar refractivity (Wildman–Crippen MR) is 120 cm³/mol. The Morgan fingerprint density at radius 3 is 2.48 bits per heavy atom. The van der Waals surface area contributed by atoms with Crippen molar-refractivity contribution in [3.8, 4) is 5.75 Å². The Balaban J connectivity index is 2.20. The minimum atomic E-state index is -0.724. The average Bonchev–Trinajstić information content (AvgIpc) is 2.66. The van der Waals surface area contributed by atoms with Gasteiger partial charge in [0.2, 0.25) is 5.91 Å². The zero-order chi connectivity index (χ0) is 21.6. The molecule has 0 bridgehead atoms. The summed E-state index contributed by atoms with van der Waals surface area (Å²) in [5, 5.41) is 4.00. The Kier molecular flexibility index (Phi) is 9.08. The molecule has 29 heavy (non-hydrogen) atoms. The summed E-state index contributed by atoms with van der Waals surface area (Å²) in [6.07, 6.45) is 0. The van der Waals surface area contributed by atoms with Gasteiger partial charge in [-0.3, -0.25) is 9.59 Å². The lowest BCUT2D eigenvalue weighted by Gasteiger charge is -2.29. The highest BCUT2D eigenvalue weighted by atomic mass is 79.9. The lowest BCUT2D eigenvalue weighted by molar-refractivity contribution is -0.142. The van der Waals surface area contributed by atoms with Gasteiger partial charge in [-0.15, -0.1) is 0 Å². The van der Waals surface area contributed by atoms with E-state index in [9.17, 15) is 9.59 Å². The normalized spacial score (nSPS) is 11.7. The second-order valence-corrected chi connectivity index (χ2v) is 8.36. The number of nitrogens with zero attached hydrogens (tertiary/aromatic N) is 1.